The van der Waals surface area contributed by atoms with E-state index in [0.29, 0.717) is 12.6 Å². The minimum Gasteiger partial charge on any atom is -0.343 e. The number of piperazine rings is 1. The molecule has 1 heterocycles. The predicted molar refractivity (Wildman–Crippen MR) is 67.3 cm³/mol. The molecule has 1 aliphatic heterocycles. The Morgan fingerprint density at radius 2 is 1.62 bits per heavy atom. The maximum absolute atomic E-state index is 11.8. The van der Waals surface area contributed by atoms with Gasteiger partial charge in [-0.1, -0.05) is 20.8 Å². The van der Waals surface area contributed by atoms with E-state index in [4.69, 9.17) is 0 Å². The summed E-state index contributed by atoms with van der Waals surface area (Å²) in [6.45, 7) is 14.7. The van der Waals surface area contributed by atoms with Crippen molar-refractivity contribution >= 4 is 5.91 Å². The van der Waals surface area contributed by atoms with E-state index in [0.717, 1.165) is 6.54 Å². The number of hydrogen-bond acceptors (Lipinski definition) is 2. The molecule has 0 aromatic carbocycles. The second-order valence-electron chi connectivity index (χ2n) is 6.95. The van der Waals surface area contributed by atoms with Crippen molar-refractivity contribution in [3.63, 3.8) is 0 Å². The van der Waals surface area contributed by atoms with Crippen LogP contribution in [0.5, 0.6) is 0 Å². The summed E-state index contributed by atoms with van der Waals surface area (Å²) in [4.78, 5) is 16.0. The Morgan fingerprint density at radius 1 is 1.12 bits per heavy atom. The summed E-state index contributed by atoms with van der Waals surface area (Å²) in [6.07, 6.45) is 0. The number of likely N-dealkylation sites (N-methyl/N-ethyl adjacent to an activating group) is 1. The summed E-state index contributed by atoms with van der Waals surface area (Å²) in [6, 6.07) is 0.426. The number of carbonyl (C=O) groups excluding carboxylic acids is 1. The molecular weight excluding hydrogens is 200 g/mol. The van der Waals surface area contributed by atoms with E-state index in [1.807, 2.05) is 11.9 Å². The highest BCUT2D eigenvalue weighted by atomic mass is 16.2. The zero-order chi connectivity index (χ0) is 12.7. The van der Waals surface area contributed by atoms with Gasteiger partial charge in [0.1, 0.15) is 0 Å². The molecule has 0 aromatic heterocycles. The molecule has 0 radical (unpaired) electrons. The van der Waals surface area contributed by atoms with Crippen molar-refractivity contribution in [3.8, 4) is 0 Å². The Bertz CT molecular complexity index is 273. The second-order valence-corrected chi connectivity index (χ2v) is 6.95. The topological polar surface area (TPSA) is 23.6 Å². The molecule has 1 aliphatic rings. The van der Waals surface area contributed by atoms with Crippen LogP contribution in [0.1, 0.15) is 41.5 Å². The first kappa shape index (κ1) is 13.5. The maximum atomic E-state index is 11.8. The van der Waals surface area contributed by atoms with Gasteiger partial charge < -0.3 is 4.90 Å². The SMILES string of the molecule is CN1CC(C(C)(C)C)N(C(C)(C)C)CC1=O. The third-order valence-corrected chi connectivity index (χ3v) is 3.42. The van der Waals surface area contributed by atoms with E-state index in [-0.39, 0.29) is 16.9 Å². The van der Waals surface area contributed by atoms with E-state index in [1.54, 1.807) is 0 Å². The molecule has 0 aromatic rings. The van der Waals surface area contributed by atoms with Gasteiger partial charge in [-0.25, -0.2) is 0 Å². The molecule has 1 amide bonds. The third kappa shape index (κ3) is 2.76. The lowest BCUT2D eigenvalue weighted by Gasteiger charge is -2.51. The summed E-state index contributed by atoms with van der Waals surface area (Å²) in [5.74, 6) is 0.232. The fourth-order valence-electron chi connectivity index (χ4n) is 2.28. The first-order chi connectivity index (χ1) is 7.03. The summed E-state index contributed by atoms with van der Waals surface area (Å²) in [5, 5.41) is 0. The summed E-state index contributed by atoms with van der Waals surface area (Å²) >= 11 is 0. The Balaban J connectivity index is 2.98. The molecule has 3 nitrogen and oxygen atoms in total. The first-order valence-electron chi connectivity index (χ1n) is 6.04. The molecule has 0 N–H and O–H groups in total. The minimum absolute atomic E-state index is 0.0505. The van der Waals surface area contributed by atoms with Crippen LogP contribution < -0.4 is 0 Å². The average molecular weight is 226 g/mol. The number of nitrogens with zero attached hydrogens (tertiary/aromatic N) is 2. The lowest BCUT2D eigenvalue weighted by atomic mass is 9.82. The van der Waals surface area contributed by atoms with Gasteiger partial charge in [0.2, 0.25) is 5.91 Å². The van der Waals surface area contributed by atoms with E-state index >= 15 is 0 Å². The molecule has 1 rings (SSSR count). The van der Waals surface area contributed by atoms with Crippen LogP contribution in [0.3, 0.4) is 0 Å². The van der Waals surface area contributed by atoms with Crippen molar-refractivity contribution in [1.29, 1.82) is 0 Å². The van der Waals surface area contributed by atoms with Crippen LogP contribution in [0.2, 0.25) is 0 Å². The van der Waals surface area contributed by atoms with Crippen LogP contribution in [0.4, 0.5) is 0 Å². The minimum atomic E-state index is 0.0505. The van der Waals surface area contributed by atoms with Gasteiger partial charge in [-0.15, -0.1) is 0 Å². The molecule has 1 fully saturated rings. The molecule has 94 valence electrons. The Hall–Kier alpha value is -0.570. The lowest BCUT2D eigenvalue weighted by molar-refractivity contribution is -0.143. The van der Waals surface area contributed by atoms with Gasteiger partial charge in [-0.3, -0.25) is 9.69 Å². The van der Waals surface area contributed by atoms with Crippen molar-refractivity contribution in [2.45, 2.75) is 53.1 Å². The van der Waals surface area contributed by atoms with E-state index in [9.17, 15) is 4.79 Å². The standard InChI is InChI=1S/C13H26N2O/c1-12(2,3)10-8-14(7)11(16)9-15(10)13(4,5)6/h10H,8-9H2,1-7H3. The van der Waals surface area contributed by atoms with Gasteiger partial charge in [0, 0.05) is 25.2 Å². The summed E-state index contributed by atoms with van der Waals surface area (Å²) in [5.41, 5.74) is 0.247. The summed E-state index contributed by atoms with van der Waals surface area (Å²) in [7, 11) is 1.90. The van der Waals surface area contributed by atoms with Crippen molar-refractivity contribution in [2.75, 3.05) is 20.1 Å². The Labute approximate surface area is 99.8 Å². The van der Waals surface area contributed by atoms with Gasteiger partial charge in [0.15, 0.2) is 0 Å². The molecule has 0 bridgehead atoms. The molecule has 1 unspecified atom stereocenters. The van der Waals surface area contributed by atoms with Crippen molar-refractivity contribution in [1.82, 2.24) is 9.80 Å². The van der Waals surface area contributed by atoms with Gasteiger partial charge in [0.05, 0.1) is 6.54 Å². The Morgan fingerprint density at radius 3 is 2.00 bits per heavy atom. The molecule has 1 atom stereocenters. The van der Waals surface area contributed by atoms with Crippen LogP contribution in [-0.2, 0) is 4.79 Å². The quantitative estimate of drug-likeness (QED) is 0.630. The second kappa shape index (κ2) is 4.02. The Kier molecular flexibility index (Phi) is 3.39. The number of carbonyl (C=O) groups is 1. The fraction of sp³-hybridized carbons (Fsp3) is 0.923. The van der Waals surface area contributed by atoms with Crippen molar-refractivity contribution in [3.05, 3.63) is 0 Å². The van der Waals surface area contributed by atoms with Gasteiger partial charge in [0.25, 0.3) is 0 Å². The largest absolute Gasteiger partial charge is 0.343 e. The van der Waals surface area contributed by atoms with Crippen LogP contribution in [0, 0.1) is 5.41 Å². The van der Waals surface area contributed by atoms with Crippen LogP contribution in [0.25, 0.3) is 0 Å². The van der Waals surface area contributed by atoms with E-state index in [1.165, 1.54) is 0 Å². The molecule has 0 saturated carbocycles. The molecular formula is C13H26N2O. The highest BCUT2D eigenvalue weighted by Crippen LogP contribution is 2.32. The molecule has 3 heteroatoms. The number of hydrogen-bond donors (Lipinski definition) is 0. The van der Waals surface area contributed by atoms with Crippen LogP contribution in [0.15, 0.2) is 0 Å². The van der Waals surface area contributed by atoms with Crippen molar-refractivity contribution < 1.29 is 4.79 Å². The van der Waals surface area contributed by atoms with Gasteiger partial charge in [-0.05, 0) is 26.2 Å². The van der Waals surface area contributed by atoms with E-state index in [2.05, 4.69) is 46.4 Å². The highest BCUT2D eigenvalue weighted by Gasteiger charge is 2.41. The molecule has 1 saturated heterocycles. The number of rotatable bonds is 0. The third-order valence-electron chi connectivity index (χ3n) is 3.42. The van der Waals surface area contributed by atoms with Crippen molar-refractivity contribution in [2.24, 2.45) is 5.41 Å². The lowest BCUT2D eigenvalue weighted by Crippen LogP contribution is -2.64. The monoisotopic (exact) mass is 226 g/mol. The maximum Gasteiger partial charge on any atom is 0.236 e. The predicted octanol–water partition coefficient (Wildman–Crippen LogP) is 1.97. The fourth-order valence-corrected chi connectivity index (χ4v) is 2.28. The zero-order valence-corrected chi connectivity index (χ0v) is 11.8. The summed E-state index contributed by atoms with van der Waals surface area (Å²) < 4.78 is 0. The molecule has 16 heavy (non-hydrogen) atoms. The highest BCUT2D eigenvalue weighted by molar-refractivity contribution is 5.79. The van der Waals surface area contributed by atoms with E-state index < -0.39 is 0 Å². The zero-order valence-electron chi connectivity index (χ0n) is 11.8. The normalized spacial score (nSPS) is 25.1. The first-order valence-corrected chi connectivity index (χ1v) is 6.04. The van der Waals surface area contributed by atoms with Gasteiger partial charge >= 0.3 is 0 Å². The van der Waals surface area contributed by atoms with Gasteiger partial charge in [-0.2, -0.15) is 0 Å². The van der Waals surface area contributed by atoms with Crippen LogP contribution in [-0.4, -0.2) is 47.4 Å². The molecule has 0 spiro atoms. The molecule has 0 aliphatic carbocycles. The smallest absolute Gasteiger partial charge is 0.236 e. The van der Waals surface area contributed by atoms with Crippen LogP contribution >= 0.6 is 0 Å². The number of amides is 1. The average Bonchev–Trinajstić information content (AvgIpc) is 2.05.